The number of anilines is 1. The Bertz CT molecular complexity index is 752. The lowest BCUT2D eigenvalue weighted by molar-refractivity contribution is -0.118. The van der Waals surface area contributed by atoms with Gasteiger partial charge in [-0.3, -0.25) is 9.59 Å². The Labute approximate surface area is 141 Å². The van der Waals surface area contributed by atoms with Gasteiger partial charge in [0, 0.05) is 13.6 Å². The minimum absolute atomic E-state index is 0.146. The lowest BCUT2D eigenvalue weighted by atomic mass is 10.1. The molecule has 24 heavy (non-hydrogen) atoms. The monoisotopic (exact) mass is 330 g/mol. The number of rotatable bonds is 6. The van der Waals surface area contributed by atoms with Gasteiger partial charge in [0.25, 0.3) is 11.8 Å². The number of nitrogens with one attached hydrogen (secondary N) is 2. The van der Waals surface area contributed by atoms with Crippen molar-refractivity contribution in [2.24, 2.45) is 0 Å². The molecular formula is C17H22N4O3. The summed E-state index contributed by atoms with van der Waals surface area (Å²) in [6.07, 6.45) is 1.43. The van der Waals surface area contributed by atoms with Gasteiger partial charge < -0.3 is 15.4 Å². The molecule has 0 unspecified atom stereocenters. The number of benzene rings is 1. The van der Waals surface area contributed by atoms with Crippen LogP contribution in [-0.2, 0) is 11.3 Å². The van der Waals surface area contributed by atoms with Gasteiger partial charge in [0.05, 0.1) is 6.20 Å². The number of ether oxygens (including phenoxy) is 1. The number of amides is 2. The van der Waals surface area contributed by atoms with Gasteiger partial charge in [0.1, 0.15) is 17.1 Å². The molecule has 0 bridgehead atoms. The molecule has 0 aliphatic carbocycles. The molecule has 0 atom stereocenters. The van der Waals surface area contributed by atoms with Crippen LogP contribution in [0, 0.1) is 13.8 Å². The number of aromatic nitrogens is 2. The number of carbonyl (C=O) groups excluding carboxylic acids is 2. The molecule has 7 heteroatoms. The highest BCUT2D eigenvalue weighted by Crippen LogP contribution is 2.21. The lowest BCUT2D eigenvalue weighted by Gasteiger charge is -2.12. The molecule has 1 aromatic heterocycles. The standard InChI is InChI=1S/C17H22N4O3/c1-5-21-16(13(9-19-21)17(23)18-4)20-15(22)10-24-14-8-6-7-11(2)12(14)3/h6-9H,5,10H2,1-4H3,(H,18,23)(H,20,22). The molecule has 128 valence electrons. The van der Waals surface area contributed by atoms with Crippen LogP contribution >= 0.6 is 0 Å². The Kier molecular flexibility index (Phi) is 5.57. The molecule has 0 aliphatic rings. The summed E-state index contributed by atoms with van der Waals surface area (Å²) in [6.45, 7) is 6.19. The average Bonchev–Trinajstić information content (AvgIpc) is 2.98. The summed E-state index contributed by atoms with van der Waals surface area (Å²) < 4.78 is 7.14. The summed E-state index contributed by atoms with van der Waals surface area (Å²) in [4.78, 5) is 24.1. The van der Waals surface area contributed by atoms with Gasteiger partial charge in [-0.1, -0.05) is 12.1 Å². The van der Waals surface area contributed by atoms with Gasteiger partial charge in [0.2, 0.25) is 0 Å². The smallest absolute Gasteiger partial charge is 0.263 e. The minimum atomic E-state index is -0.351. The topological polar surface area (TPSA) is 85.3 Å². The van der Waals surface area contributed by atoms with Gasteiger partial charge in [-0.25, -0.2) is 4.68 Å². The molecule has 2 amide bonds. The van der Waals surface area contributed by atoms with Crippen LogP contribution in [0.2, 0.25) is 0 Å². The van der Waals surface area contributed by atoms with Crippen LogP contribution in [-0.4, -0.2) is 35.2 Å². The SMILES string of the molecule is CCn1ncc(C(=O)NC)c1NC(=O)COc1cccc(C)c1C. The van der Waals surface area contributed by atoms with Gasteiger partial charge in [0.15, 0.2) is 6.61 Å². The molecule has 0 aliphatic heterocycles. The third-order valence-corrected chi connectivity index (χ3v) is 3.78. The van der Waals surface area contributed by atoms with Crippen LogP contribution in [0.3, 0.4) is 0 Å². The number of carbonyl (C=O) groups is 2. The van der Waals surface area contributed by atoms with E-state index >= 15 is 0 Å². The van der Waals surface area contributed by atoms with Crippen LogP contribution in [0.4, 0.5) is 5.82 Å². The second kappa shape index (κ2) is 7.63. The number of hydrogen-bond acceptors (Lipinski definition) is 4. The first-order chi connectivity index (χ1) is 11.5. The molecule has 0 radical (unpaired) electrons. The molecule has 0 fully saturated rings. The van der Waals surface area contributed by atoms with E-state index in [-0.39, 0.29) is 18.4 Å². The first-order valence-electron chi connectivity index (χ1n) is 7.74. The largest absolute Gasteiger partial charge is 0.483 e. The van der Waals surface area contributed by atoms with E-state index in [1.54, 1.807) is 4.68 Å². The van der Waals surface area contributed by atoms with Crippen molar-refractivity contribution in [3.63, 3.8) is 0 Å². The Hall–Kier alpha value is -2.83. The zero-order valence-corrected chi connectivity index (χ0v) is 14.3. The van der Waals surface area contributed by atoms with Crippen LogP contribution in [0.25, 0.3) is 0 Å². The fourth-order valence-corrected chi connectivity index (χ4v) is 2.25. The third kappa shape index (κ3) is 3.73. The van der Waals surface area contributed by atoms with Crippen molar-refractivity contribution in [2.45, 2.75) is 27.3 Å². The van der Waals surface area contributed by atoms with E-state index in [1.807, 2.05) is 39.0 Å². The summed E-state index contributed by atoms with van der Waals surface area (Å²) in [5, 5.41) is 9.34. The van der Waals surface area contributed by atoms with Crippen LogP contribution in [0.5, 0.6) is 5.75 Å². The second-order valence-corrected chi connectivity index (χ2v) is 5.34. The molecular weight excluding hydrogens is 308 g/mol. The van der Waals surface area contributed by atoms with E-state index in [2.05, 4.69) is 15.7 Å². The van der Waals surface area contributed by atoms with Crippen molar-refractivity contribution in [3.8, 4) is 5.75 Å². The first-order valence-corrected chi connectivity index (χ1v) is 7.74. The number of nitrogens with zero attached hydrogens (tertiary/aromatic N) is 2. The van der Waals surface area contributed by atoms with Crippen molar-refractivity contribution in [2.75, 3.05) is 19.0 Å². The first kappa shape index (κ1) is 17.5. The van der Waals surface area contributed by atoms with Crippen LogP contribution in [0.15, 0.2) is 24.4 Å². The van der Waals surface area contributed by atoms with E-state index in [0.29, 0.717) is 23.7 Å². The quantitative estimate of drug-likeness (QED) is 0.847. The summed E-state index contributed by atoms with van der Waals surface area (Å²) in [6, 6.07) is 5.69. The second-order valence-electron chi connectivity index (χ2n) is 5.34. The highest BCUT2D eigenvalue weighted by molar-refractivity contribution is 6.02. The summed E-state index contributed by atoms with van der Waals surface area (Å²) in [5.41, 5.74) is 2.41. The molecule has 2 rings (SSSR count). The van der Waals surface area contributed by atoms with E-state index in [0.717, 1.165) is 11.1 Å². The predicted molar refractivity (Wildman–Crippen MR) is 91.3 cm³/mol. The highest BCUT2D eigenvalue weighted by atomic mass is 16.5. The maximum Gasteiger partial charge on any atom is 0.263 e. The number of hydrogen-bond donors (Lipinski definition) is 2. The van der Waals surface area contributed by atoms with E-state index < -0.39 is 0 Å². The molecule has 7 nitrogen and oxygen atoms in total. The fourth-order valence-electron chi connectivity index (χ4n) is 2.25. The predicted octanol–water partition coefficient (Wildman–Crippen LogP) is 1.90. The van der Waals surface area contributed by atoms with Crippen molar-refractivity contribution >= 4 is 17.6 Å². The highest BCUT2D eigenvalue weighted by Gasteiger charge is 2.18. The minimum Gasteiger partial charge on any atom is -0.483 e. The summed E-state index contributed by atoms with van der Waals surface area (Å²) >= 11 is 0. The fraction of sp³-hybridized carbons (Fsp3) is 0.353. The van der Waals surface area contributed by atoms with Crippen LogP contribution in [0.1, 0.15) is 28.4 Å². The van der Waals surface area contributed by atoms with E-state index in [1.165, 1.54) is 13.2 Å². The Morgan fingerprint density at radius 1 is 1.29 bits per heavy atom. The molecule has 1 aromatic carbocycles. The summed E-state index contributed by atoms with van der Waals surface area (Å²) in [7, 11) is 1.53. The maximum absolute atomic E-state index is 12.2. The molecule has 2 N–H and O–H groups in total. The molecule has 2 aromatic rings. The van der Waals surface area contributed by atoms with Gasteiger partial charge >= 0.3 is 0 Å². The van der Waals surface area contributed by atoms with Crippen molar-refractivity contribution in [1.82, 2.24) is 15.1 Å². The van der Waals surface area contributed by atoms with E-state index in [9.17, 15) is 9.59 Å². The normalized spacial score (nSPS) is 10.3. The zero-order valence-electron chi connectivity index (χ0n) is 14.3. The maximum atomic E-state index is 12.2. The van der Waals surface area contributed by atoms with Crippen molar-refractivity contribution in [1.29, 1.82) is 0 Å². The van der Waals surface area contributed by atoms with E-state index in [4.69, 9.17) is 4.74 Å². The van der Waals surface area contributed by atoms with Crippen molar-refractivity contribution < 1.29 is 14.3 Å². The molecule has 0 saturated heterocycles. The lowest BCUT2D eigenvalue weighted by Crippen LogP contribution is -2.25. The zero-order chi connectivity index (χ0) is 17.7. The van der Waals surface area contributed by atoms with Crippen LogP contribution < -0.4 is 15.4 Å². The Morgan fingerprint density at radius 2 is 2.04 bits per heavy atom. The number of aryl methyl sites for hydroxylation is 2. The molecule has 0 saturated carbocycles. The third-order valence-electron chi connectivity index (χ3n) is 3.78. The molecule has 0 spiro atoms. The average molecular weight is 330 g/mol. The summed E-state index contributed by atoms with van der Waals surface area (Å²) in [5.74, 6) is 0.379. The molecule has 1 heterocycles. The van der Waals surface area contributed by atoms with Crippen molar-refractivity contribution in [3.05, 3.63) is 41.1 Å². The Balaban J connectivity index is 2.08. The van der Waals surface area contributed by atoms with Gasteiger partial charge in [-0.05, 0) is 38.0 Å². The Morgan fingerprint density at radius 3 is 2.71 bits per heavy atom. The van der Waals surface area contributed by atoms with Gasteiger partial charge in [-0.2, -0.15) is 5.10 Å². The van der Waals surface area contributed by atoms with Gasteiger partial charge in [-0.15, -0.1) is 0 Å².